The summed E-state index contributed by atoms with van der Waals surface area (Å²) < 4.78 is 23.8. The Labute approximate surface area is 217 Å². The van der Waals surface area contributed by atoms with E-state index in [1.54, 1.807) is 24.4 Å². The van der Waals surface area contributed by atoms with Crippen molar-refractivity contribution in [2.24, 2.45) is 0 Å². The molecule has 2 aromatic heterocycles. The summed E-state index contributed by atoms with van der Waals surface area (Å²) in [5, 5.41) is 10.1. The second-order valence-electron chi connectivity index (χ2n) is 7.85. The van der Waals surface area contributed by atoms with E-state index in [2.05, 4.69) is 11.9 Å². The smallest absolute Gasteiger partial charge is 0.274 e. The number of nitrogens with zero attached hydrogens (tertiary/aromatic N) is 2. The molecule has 0 spiro atoms. The predicted octanol–water partition coefficient (Wildman–Crippen LogP) is 4.16. The summed E-state index contributed by atoms with van der Waals surface area (Å²) in [6.45, 7) is 4.83. The molecule has 4 aromatic rings. The number of methoxy groups -OCH3 is 1. The topological polar surface area (TPSA) is 91.5 Å². The van der Waals surface area contributed by atoms with Crippen LogP contribution in [0.4, 0.5) is 0 Å². The SMILES string of the molecule is CCCOCCOCCOc1cccc(-c2cn3c(=O)/c(=C/c4cc(Cl)c(O)c(OC)c4)sc3n2)c1. The van der Waals surface area contributed by atoms with Gasteiger partial charge in [0.15, 0.2) is 16.5 Å². The van der Waals surface area contributed by atoms with Crippen LogP contribution < -0.4 is 19.6 Å². The van der Waals surface area contributed by atoms with Crippen LogP contribution in [0.1, 0.15) is 18.9 Å². The van der Waals surface area contributed by atoms with Crippen molar-refractivity contribution in [1.82, 2.24) is 9.38 Å². The van der Waals surface area contributed by atoms with Gasteiger partial charge in [0.25, 0.3) is 5.56 Å². The van der Waals surface area contributed by atoms with Gasteiger partial charge < -0.3 is 24.1 Å². The Bertz CT molecular complexity index is 1430. The second-order valence-corrected chi connectivity index (χ2v) is 9.27. The number of hydrogen-bond acceptors (Lipinski definition) is 8. The van der Waals surface area contributed by atoms with Gasteiger partial charge in [0.2, 0.25) is 0 Å². The van der Waals surface area contributed by atoms with Gasteiger partial charge in [-0.3, -0.25) is 9.20 Å². The van der Waals surface area contributed by atoms with Crippen molar-refractivity contribution >= 4 is 34.0 Å². The lowest BCUT2D eigenvalue weighted by Crippen LogP contribution is -2.22. The van der Waals surface area contributed by atoms with Crippen molar-refractivity contribution in [1.29, 1.82) is 0 Å². The monoisotopic (exact) mass is 530 g/mol. The zero-order valence-electron chi connectivity index (χ0n) is 20.0. The molecule has 0 unspecified atom stereocenters. The molecule has 0 aliphatic carbocycles. The fourth-order valence-electron chi connectivity index (χ4n) is 3.49. The molecular weight excluding hydrogens is 504 g/mol. The molecule has 0 atom stereocenters. The van der Waals surface area contributed by atoms with E-state index in [9.17, 15) is 9.90 Å². The predicted molar refractivity (Wildman–Crippen MR) is 141 cm³/mol. The minimum absolute atomic E-state index is 0.139. The normalized spacial score (nSPS) is 11.9. The third-order valence-electron chi connectivity index (χ3n) is 5.22. The van der Waals surface area contributed by atoms with Crippen molar-refractivity contribution in [2.45, 2.75) is 13.3 Å². The highest BCUT2D eigenvalue weighted by Crippen LogP contribution is 2.35. The van der Waals surface area contributed by atoms with E-state index < -0.39 is 0 Å². The first kappa shape index (κ1) is 26.0. The molecule has 0 aliphatic rings. The van der Waals surface area contributed by atoms with Gasteiger partial charge >= 0.3 is 0 Å². The number of imidazole rings is 1. The molecule has 4 rings (SSSR count). The average Bonchev–Trinajstić information content (AvgIpc) is 3.42. The van der Waals surface area contributed by atoms with Gasteiger partial charge in [-0.2, -0.15) is 0 Å². The molecular formula is C26H27ClN2O6S. The van der Waals surface area contributed by atoms with E-state index in [1.807, 2.05) is 24.3 Å². The van der Waals surface area contributed by atoms with Crippen molar-refractivity contribution in [3.8, 4) is 28.5 Å². The van der Waals surface area contributed by atoms with Crippen LogP contribution >= 0.6 is 22.9 Å². The average molecular weight is 531 g/mol. The number of phenolic OH excluding ortho intramolecular Hbond substituents is 1. The van der Waals surface area contributed by atoms with Crippen molar-refractivity contribution in [3.63, 3.8) is 0 Å². The molecule has 0 saturated heterocycles. The van der Waals surface area contributed by atoms with Gasteiger partial charge in [0.05, 0.1) is 42.2 Å². The zero-order chi connectivity index (χ0) is 25.5. The quantitative estimate of drug-likeness (QED) is 0.275. The Hall–Kier alpha value is -3.11. The molecule has 2 heterocycles. The molecule has 0 fully saturated rings. The van der Waals surface area contributed by atoms with Gasteiger partial charge in [-0.1, -0.05) is 42.0 Å². The number of aromatic hydroxyl groups is 1. The van der Waals surface area contributed by atoms with Crippen molar-refractivity contribution in [3.05, 3.63) is 68.1 Å². The Kier molecular flexibility index (Phi) is 8.82. The number of hydrogen-bond donors (Lipinski definition) is 1. The second kappa shape index (κ2) is 12.2. The summed E-state index contributed by atoms with van der Waals surface area (Å²) in [6, 6.07) is 10.8. The van der Waals surface area contributed by atoms with E-state index in [0.717, 1.165) is 18.6 Å². The maximum Gasteiger partial charge on any atom is 0.274 e. The summed E-state index contributed by atoms with van der Waals surface area (Å²) in [5.74, 6) is 0.795. The fraction of sp³-hybridized carbons (Fsp3) is 0.308. The molecule has 0 radical (unpaired) electrons. The summed E-state index contributed by atoms with van der Waals surface area (Å²) in [4.78, 5) is 18.2. The van der Waals surface area contributed by atoms with E-state index in [4.69, 9.17) is 30.5 Å². The Morgan fingerprint density at radius 1 is 1.11 bits per heavy atom. The number of rotatable bonds is 12. The molecule has 0 saturated carbocycles. The Morgan fingerprint density at radius 3 is 2.64 bits per heavy atom. The van der Waals surface area contributed by atoms with E-state index in [1.165, 1.54) is 22.8 Å². The largest absolute Gasteiger partial charge is 0.503 e. The lowest BCUT2D eigenvalue weighted by Gasteiger charge is -2.08. The van der Waals surface area contributed by atoms with E-state index in [-0.39, 0.29) is 22.1 Å². The maximum absolute atomic E-state index is 13.0. The van der Waals surface area contributed by atoms with Crippen LogP contribution in [0.15, 0.2) is 47.4 Å². The maximum atomic E-state index is 13.0. The highest BCUT2D eigenvalue weighted by Gasteiger charge is 2.12. The van der Waals surface area contributed by atoms with Crippen LogP contribution in [0.2, 0.25) is 5.02 Å². The summed E-state index contributed by atoms with van der Waals surface area (Å²) in [7, 11) is 1.44. The van der Waals surface area contributed by atoms with Crippen LogP contribution in [0, 0.1) is 0 Å². The minimum atomic E-state index is -0.190. The fourth-order valence-corrected chi connectivity index (χ4v) is 4.66. The Morgan fingerprint density at radius 2 is 1.89 bits per heavy atom. The Balaban J connectivity index is 1.46. The molecule has 36 heavy (non-hydrogen) atoms. The molecule has 0 amide bonds. The van der Waals surface area contributed by atoms with Crippen LogP contribution in [0.5, 0.6) is 17.2 Å². The van der Waals surface area contributed by atoms with Gasteiger partial charge in [0.1, 0.15) is 12.4 Å². The van der Waals surface area contributed by atoms with E-state index in [0.29, 0.717) is 52.9 Å². The van der Waals surface area contributed by atoms with Crippen LogP contribution in [0.3, 0.4) is 0 Å². The molecule has 0 aliphatic heterocycles. The standard InChI is InChI=1S/C26H27ClN2O6S/c1-3-7-33-8-9-34-10-11-35-19-6-4-5-18(15-19)21-16-29-25(31)23(36-26(29)28-21)14-17-12-20(27)24(30)22(13-17)32-2/h4-6,12-16,30H,3,7-11H2,1-2H3/b23-14-. The van der Waals surface area contributed by atoms with Crippen LogP contribution in [-0.2, 0) is 9.47 Å². The number of thiazole rings is 1. The van der Waals surface area contributed by atoms with Gasteiger partial charge in [0, 0.05) is 18.4 Å². The van der Waals surface area contributed by atoms with Crippen molar-refractivity contribution < 1.29 is 24.1 Å². The first-order valence-electron chi connectivity index (χ1n) is 11.5. The van der Waals surface area contributed by atoms with Crippen LogP contribution in [-0.4, -0.2) is 54.6 Å². The molecule has 190 valence electrons. The molecule has 0 bridgehead atoms. The summed E-state index contributed by atoms with van der Waals surface area (Å²) in [6.07, 6.45) is 4.41. The first-order valence-corrected chi connectivity index (χ1v) is 12.7. The molecule has 1 N–H and O–H groups in total. The van der Waals surface area contributed by atoms with E-state index >= 15 is 0 Å². The first-order chi connectivity index (χ1) is 17.5. The highest BCUT2D eigenvalue weighted by molar-refractivity contribution is 7.15. The summed E-state index contributed by atoms with van der Waals surface area (Å²) >= 11 is 7.34. The molecule has 10 heteroatoms. The van der Waals surface area contributed by atoms with Crippen LogP contribution in [0.25, 0.3) is 22.3 Å². The zero-order valence-corrected chi connectivity index (χ0v) is 21.6. The number of aromatic nitrogens is 2. The van der Waals surface area contributed by atoms with Crippen molar-refractivity contribution in [2.75, 3.05) is 40.1 Å². The highest BCUT2D eigenvalue weighted by atomic mass is 35.5. The number of fused-ring (bicyclic) bond motifs is 1. The van der Waals surface area contributed by atoms with Gasteiger partial charge in [-0.15, -0.1) is 0 Å². The number of ether oxygens (including phenoxy) is 4. The molecule has 2 aromatic carbocycles. The number of halogens is 1. The number of phenols is 1. The lowest BCUT2D eigenvalue weighted by atomic mass is 10.1. The third-order valence-corrected chi connectivity index (χ3v) is 6.49. The van der Waals surface area contributed by atoms with Gasteiger partial charge in [-0.05, 0) is 42.3 Å². The third kappa shape index (κ3) is 6.17. The van der Waals surface area contributed by atoms with Gasteiger partial charge in [-0.25, -0.2) is 4.98 Å². The summed E-state index contributed by atoms with van der Waals surface area (Å²) in [5.41, 5.74) is 1.97. The lowest BCUT2D eigenvalue weighted by molar-refractivity contribution is 0.0366. The number of benzene rings is 2. The minimum Gasteiger partial charge on any atom is -0.503 e. The molecule has 8 nitrogen and oxygen atoms in total.